The molecule has 1 aliphatic rings. The van der Waals surface area contributed by atoms with E-state index in [4.69, 9.17) is 23.4 Å². The van der Waals surface area contributed by atoms with Crippen LogP contribution in [0.3, 0.4) is 0 Å². The Morgan fingerprint density at radius 3 is 2.35 bits per heavy atom. The SMILES string of the molecule is Cl.Cl.ClC1CN(Cc2ccccc2)CCN1Cl. The summed E-state index contributed by atoms with van der Waals surface area (Å²) in [4.78, 5) is 2.33. The predicted molar refractivity (Wildman–Crippen MR) is 78.4 cm³/mol. The first kappa shape index (κ1) is 17.3. The van der Waals surface area contributed by atoms with Crippen molar-refractivity contribution in [3.63, 3.8) is 0 Å². The maximum Gasteiger partial charge on any atom is 0.112 e. The minimum Gasteiger partial charge on any atom is -0.295 e. The summed E-state index contributed by atoms with van der Waals surface area (Å²) in [5.74, 6) is 0. The molecule has 0 aliphatic carbocycles. The summed E-state index contributed by atoms with van der Waals surface area (Å²) in [6.45, 7) is 3.57. The molecule has 98 valence electrons. The van der Waals surface area contributed by atoms with Crippen molar-refractivity contribution in [3.05, 3.63) is 35.9 Å². The van der Waals surface area contributed by atoms with Crippen LogP contribution in [0.5, 0.6) is 0 Å². The molecule has 0 spiro atoms. The van der Waals surface area contributed by atoms with Crippen LogP contribution in [0.2, 0.25) is 0 Å². The molecule has 2 nitrogen and oxygen atoms in total. The lowest BCUT2D eigenvalue weighted by Gasteiger charge is -2.34. The van der Waals surface area contributed by atoms with Gasteiger partial charge in [-0.05, 0) is 17.3 Å². The van der Waals surface area contributed by atoms with Gasteiger partial charge in [0, 0.05) is 26.2 Å². The van der Waals surface area contributed by atoms with Crippen LogP contribution in [-0.4, -0.2) is 34.5 Å². The molecule has 1 atom stereocenters. The summed E-state index contributed by atoms with van der Waals surface area (Å²) >= 11 is 12.0. The van der Waals surface area contributed by atoms with Crippen molar-refractivity contribution in [2.24, 2.45) is 0 Å². The first-order chi connectivity index (χ1) is 7.25. The van der Waals surface area contributed by atoms with Gasteiger partial charge >= 0.3 is 0 Å². The molecule has 6 heteroatoms. The maximum atomic E-state index is 6.08. The third kappa shape index (κ3) is 5.21. The zero-order valence-corrected chi connectivity index (χ0v) is 12.4. The highest BCUT2D eigenvalue weighted by atomic mass is 35.5. The second-order valence-electron chi connectivity index (χ2n) is 3.78. The van der Waals surface area contributed by atoms with Gasteiger partial charge in [-0.2, -0.15) is 4.42 Å². The van der Waals surface area contributed by atoms with Crippen LogP contribution in [0, 0.1) is 0 Å². The Balaban J connectivity index is 0.00000128. The Morgan fingerprint density at radius 1 is 1.12 bits per heavy atom. The van der Waals surface area contributed by atoms with Crippen LogP contribution in [0.4, 0.5) is 0 Å². The van der Waals surface area contributed by atoms with E-state index in [0.29, 0.717) is 0 Å². The van der Waals surface area contributed by atoms with Gasteiger partial charge in [0.15, 0.2) is 0 Å². The van der Waals surface area contributed by atoms with E-state index in [1.807, 2.05) is 6.07 Å². The Kier molecular flexibility index (Phi) is 8.56. The molecule has 0 bridgehead atoms. The Bertz CT molecular complexity index is 310. The van der Waals surface area contributed by atoms with Crippen LogP contribution in [0.25, 0.3) is 0 Å². The molecule has 1 aromatic carbocycles. The fraction of sp³-hybridized carbons (Fsp3) is 0.455. The average Bonchev–Trinajstić information content (AvgIpc) is 2.25. The van der Waals surface area contributed by atoms with Gasteiger partial charge in [0.1, 0.15) is 5.50 Å². The number of nitrogens with zero attached hydrogens (tertiary/aromatic N) is 2. The minimum absolute atomic E-state index is 0. The highest BCUT2D eigenvalue weighted by Crippen LogP contribution is 2.17. The minimum atomic E-state index is -0.0795. The van der Waals surface area contributed by atoms with Crippen molar-refractivity contribution in [1.29, 1.82) is 0 Å². The molecule has 0 amide bonds. The highest BCUT2D eigenvalue weighted by Gasteiger charge is 2.23. The molecule has 0 radical (unpaired) electrons. The molecule has 1 saturated heterocycles. The van der Waals surface area contributed by atoms with E-state index in [1.165, 1.54) is 5.56 Å². The summed E-state index contributed by atoms with van der Waals surface area (Å²) in [5, 5.41) is 0. The number of hydrogen-bond donors (Lipinski definition) is 0. The molecule has 2 rings (SSSR count). The second-order valence-corrected chi connectivity index (χ2v) is 4.72. The lowest BCUT2D eigenvalue weighted by Crippen LogP contribution is -2.46. The van der Waals surface area contributed by atoms with Gasteiger partial charge in [-0.25, -0.2) is 0 Å². The van der Waals surface area contributed by atoms with E-state index in [-0.39, 0.29) is 30.3 Å². The van der Waals surface area contributed by atoms with Crippen molar-refractivity contribution in [1.82, 2.24) is 9.32 Å². The number of piperazine rings is 1. The van der Waals surface area contributed by atoms with Crippen molar-refractivity contribution in [2.45, 2.75) is 12.0 Å². The Labute approximate surface area is 125 Å². The van der Waals surface area contributed by atoms with Crippen LogP contribution >= 0.6 is 48.2 Å². The molecule has 1 unspecified atom stereocenters. The summed E-state index contributed by atoms with van der Waals surface area (Å²) in [5.41, 5.74) is 1.24. The van der Waals surface area contributed by atoms with Gasteiger partial charge in [0.05, 0.1) is 0 Å². The number of hydrogen-bond acceptors (Lipinski definition) is 2. The first-order valence-electron chi connectivity index (χ1n) is 5.08. The molecular weight excluding hydrogens is 302 g/mol. The smallest absolute Gasteiger partial charge is 0.112 e. The fourth-order valence-corrected chi connectivity index (χ4v) is 2.19. The van der Waals surface area contributed by atoms with Crippen molar-refractivity contribution in [3.8, 4) is 0 Å². The number of rotatable bonds is 2. The average molecular weight is 318 g/mol. The molecule has 0 aromatic heterocycles. The monoisotopic (exact) mass is 316 g/mol. The topological polar surface area (TPSA) is 6.48 Å². The number of alkyl halides is 1. The molecule has 1 aliphatic heterocycles. The van der Waals surface area contributed by atoms with Crippen molar-refractivity contribution < 1.29 is 0 Å². The summed E-state index contributed by atoms with van der Waals surface area (Å²) in [6.07, 6.45) is 0. The zero-order chi connectivity index (χ0) is 10.7. The lowest BCUT2D eigenvalue weighted by atomic mass is 10.2. The summed E-state index contributed by atoms with van der Waals surface area (Å²) in [7, 11) is 0. The molecule has 1 aromatic rings. The Morgan fingerprint density at radius 2 is 1.76 bits per heavy atom. The number of halogens is 4. The van der Waals surface area contributed by atoms with Crippen molar-refractivity contribution in [2.75, 3.05) is 19.6 Å². The van der Waals surface area contributed by atoms with E-state index in [1.54, 1.807) is 4.42 Å². The summed E-state index contributed by atoms with van der Waals surface area (Å²) < 4.78 is 1.67. The van der Waals surface area contributed by atoms with E-state index >= 15 is 0 Å². The molecule has 1 heterocycles. The van der Waals surface area contributed by atoms with E-state index in [2.05, 4.69) is 29.2 Å². The summed E-state index contributed by atoms with van der Waals surface area (Å²) in [6, 6.07) is 10.4. The second kappa shape index (κ2) is 8.41. The van der Waals surface area contributed by atoms with Gasteiger partial charge in [-0.3, -0.25) is 4.90 Å². The van der Waals surface area contributed by atoms with Gasteiger partial charge in [-0.15, -0.1) is 36.4 Å². The maximum absolute atomic E-state index is 6.08. The first-order valence-corrected chi connectivity index (χ1v) is 5.86. The standard InChI is InChI=1S/C11H14Cl2N2.2ClH/c12-11-9-14(6-7-15(11)13)8-10-4-2-1-3-5-10;;/h1-5,11H,6-9H2;2*1H. The third-order valence-corrected chi connectivity index (χ3v) is 3.47. The van der Waals surface area contributed by atoms with Crippen LogP contribution < -0.4 is 0 Å². The van der Waals surface area contributed by atoms with E-state index in [0.717, 1.165) is 26.2 Å². The largest absolute Gasteiger partial charge is 0.295 e. The molecule has 0 N–H and O–H groups in total. The van der Waals surface area contributed by atoms with Gasteiger partial charge in [-0.1, -0.05) is 30.3 Å². The van der Waals surface area contributed by atoms with Gasteiger partial charge < -0.3 is 0 Å². The molecule has 17 heavy (non-hydrogen) atoms. The molecular formula is C11H16Cl4N2. The quantitative estimate of drug-likeness (QED) is 0.469. The van der Waals surface area contributed by atoms with Crippen LogP contribution in [0.15, 0.2) is 30.3 Å². The van der Waals surface area contributed by atoms with Crippen molar-refractivity contribution >= 4 is 48.2 Å². The van der Waals surface area contributed by atoms with Gasteiger partial charge in [0.25, 0.3) is 0 Å². The number of benzene rings is 1. The lowest BCUT2D eigenvalue weighted by molar-refractivity contribution is 0.168. The van der Waals surface area contributed by atoms with Gasteiger partial charge in [0.2, 0.25) is 0 Å². The predicted octanol–water partition coefficient (Wildman–Crippen LogP) is 3.37. The third-order valence-electron chi connectivity index (χ3n) is 2.59. The zero-order valence-electron chi connectivity index (χ0n) is 9.26. The van der Waals surface area contributed by atoms with E-state index < -0.39 is 0 Å². The molecule has 1 fully saturated rings. The normalized spacial score (nSPS) is 21.4. The molecule has 0 saturated carbocycles. The Hall–Kier alpha value is 0.300. The fourth-order valence-electron chi connectivity index (χ4n) is 1.76. The van der Waals surface area contributed by atoms with E-state index in [9.17, 15) is 0 Å². The highest BCUT2D eigenvalue weighted by molar-refractivity contribution is 6.25. The van der Waals surface area contributed by atoms with Crippen LogP contribution in [0.1, 0.15) is 5.56 Å². The van der Waals surface area contributed by atoms with Crippen LogP contribution in [-0.2, 0) is 6.54 Å².